The van der Waals surface area contributed by atoms with E-state index in [-0.39, 0.29) is 0 Å². The molecule has 44 valence electrons. The maximum absolute atomic E-state index is 3.60. The molecule has 0 aliphatic heterocycles. The second kappa shape index (κ2) is 5.97. The van der Waals surface area contributed by atoms with Crippen molar-refractivity contribution >= 4 is 41.5 Å². The molecule has 0 rings (SSSR count). The summed E-state index contributed by atoms with van der Waals surface area (Å²) in [7, 11) is 0. The fraction of sp³-hybridized carbons (Fsp3) is 1.00. The van der Waals surface area contributed by atoms with Crippen molar-refractivity contribution in [2.24, 2.45) is 0 Å². The average Bonchev–Trinajstić information content (AvgIpc) is 1.61. The van der Waals surface area contributed by atoms with Crippen molar-refractivity contribution < 1.29 is 0 Å². The van der Waals surface area contributed by atoms with Gasteiger partial charge in [-0.25, -0.2) is 0 Å². The summed E-state index contributed by atoms with van der Waals surface area (Å²) in [6, 6.07) is 0. The molecule has 0 spiro atoms. The van der Waals surface area contributed by atoms with E-state index < -0.39 is 17.1 Å². The van der Waals surface area contributed by atoms with Gasteiger partial charge in [0, 0.05) is 0 Å². The monoisotopic (exact) mass is 424 g/mol. The fourth-order valence-electron chi connectivity index (χ4n) is 0.278. The second-order valence-corrected chi connectivity index (χ2v) is 28.9. The van der Waals surface area contributed by atoms with Gasteiger partial charge < -0.3 is 0 Å². The van der Waals surface area contributed by atoms with Crippen LogP contribution in [-0.4, -0.2) is 17.1 Å². The van der Waals surface area contributed by atoms with E-state index >= 15 is 0 Å². The van der Waals surface area contributed by atoms with Crippen LogP contribution in [-0.2, 0) is 0 Å². The first-order valence-corrected chi connectivity index (χ1v) is 19.9. The molecule has 7 heavy (non-hydrogen) atoms. The third-order valence-electron chi connectivity index (χ3n) is 0.681. The fourth-order valence-corrected chi connectivity index (χ4v) is 6.84. The molecule has 0 saturated carbocycles. The van der Waals surface area contributed by atoms with Crippen LogP contribution in [0.25, 0.3) is 0 Å². The van der Waals surface area contributed by atoms with Crippen LogP contribution in [0.4, 0.5) is 0 Å². The second-order valence-electron chi connectivity index (χ2n) is 1.38. The summed E-state index contributed by atoms with van der Waals surface area (Å²) in [4.78, 5) is 0. The Morgan fingerprint density at radius 3 is 2.14 bits per heavy atom. The Hall–Kier alpha value is 1.84. The SMILES string of the molecule is CCC[CH2][Bi]([Br])[Br]. The first kappa shape index (κ1) is 8.84. The molecular formula is C4H9BiBr2. The van der Waals surface area contributed by atoms with E-state index in [1.54, 1.807) is 0 Å². The van der Waals surface area contributed by atoms with Crippen LogP contribution in [0.2, 0.25) is 4.13 Å². The van der Waals surface area contributed by atoms with Crippen molar-refractivity contribution in [2.45, 2.75) is 23.9 Å². The van der Waals surface area contributed by atoms with Gasteiger partial charge in [0.2, 0.25) is 0 Å². The maximum atomic E-state index is 3.60. The number of halogens is 2. The van der Waals surface area contributed by atoms with Crippen molar-refractivity contribution in [1.29, 1.82) is 0 Å². The zero-order valence-electron chi connectivity index (χ0n) is 4.32. The summed E-state index contributed by atoms with van der Waals surface area (Å²) >= 11 is 6.12. The van der Waals surface area contributed by atoms with Gasteiger partial charge in [-0.15, -0.1) is 0 Å². The van der Waals surface area contributed by atoms with Gasteiger partial charge in [0.25, 0.3) is 0 Å². The van der Waals surface area contributed by atoms with Crippen molar-refractivity contribution in [3.63, 3.8) is 0 Å². The Morgan fingerprint density at radius 2 is 2.00 bits per heavy atom. The molecule has 0 N–H and O–H groups in total. The van der Waals surface area contributed by atoms with Crippen LogP contribution in [0.15, 0.2) is 0 Å². The molecule has 0 heterocycles. The Labute approximate surface area is 64.6 Å². The molecule has 0 saturated heterocycles. The zero-order valence-corrected chi connectivity index (χ0v) is 11.0. The molecule has 0 fully saturated rings. The van der Waals surface area contributed by atoms with Gasteiger partial charge >= 0.3 is 65.4 Å². The van der Waals surface area contributed by atoms with Crippen LogP contribution in [0, 0.1) is 0 Å². The normalized spacial score (nSPS) is 10.3. The molecule has 0 nitrogen and oxygen atoms in total. The quantitative estimate of drug-likeness (QED) is 0.610. The van der Waals surface area contributed by atoms with E-state index in [1.807, 2.05) is 0 Å². The topological polar surface area (TPSA) is 0 Å². The van der Waals surface area contributed by atoms with E-state index in [0.717, 1.165) is 0 Å². The summed E-state index contributed by atoms with van der Waals surface area (Å²) in [5, 5.41) is 0. The van der Waals surface area contributed by atoms with Gasteiger partial charge in [0.1, 0.15) is 0 Å². The van der Waals surface area contributed by atoms with Gasteiger partial charge in [-0.05, 0) is 0 Å². The van der Waals surface area contributed by atoms with Gasteiger partial charge in [0.15, 0.2) is 0 Å². The van der Waals surface area contributed by atoms with Crippen LogP contribution in [0.5, 0.6) is 0 Å². The molecule has 0 radical (unpaired) electrons. The van der Waals surface area contributed by atoms with Crippen LogP contribution < -0.4 is 0 Å². The Morgan fingerprint density at radius 1 is 1.43 bits per heavy atom. The molecule has 0 bridgehead atoms. The third-order valence-corrected chi connectivity index (χ3v) is 9.45. The molecule has 3 heteroatoms. The summed E-state index contributed by atoms with van der Waals surface area (Å²) in [5.74, 6) is 0. The first-order valence-electron chi connectivity index (χ1n) is 2.36. The molecule has 0 aromatic heterocycles. The molecule has 0 aromatic rings. The van der Waals surface area contributed by atoms with Crippen molar-refractivity contribution in [3.05, 3.63) is 0 Å². The number of hydrogen-bond acceptors (Lipinski definition) is 0. The summed E-state index contributed by atoms with van der Waals surface area (Å²) in [6.45, 7) is 2.23. The molecule has 0 unspecified atom stereocenters. The van der Waals surface area contributed by atoms with E-state index in [0.29, 0.717) is 0 Å². The Bertz CT molecular complexity index is 38.7. The molecule has 0 aliphatic carbocycles. The summed E-state index contributed by atoms with van der Waals surface area (Å²) in [6.07, 6.45) is 2.73. The van der Waals surface area contributed by atoms with Gasteiger partial charge in [-0.1, -0.05) is 0 Å². The number of unbranched alkanes of at least 4 members (excludes halogenated alkanes) is 1. The number of hydrogen-bond donors (Lipinski definition) is 0. The van der Waals surface area contributed by atoms with Crippen molar-refractivity contribution in [2.75, 3.05) is 0 Å². The van der Waals surface area contributed by atoms with E-state index in [9.17, 15) is 0 Å². The Balaban J connectivity index is 2.68. The zero-order chi connectivity index (χ0) is 5.70. The van der Waals surface area contributed by atoms with Gasteiger partial charge in [0.05, 0.1) is 0 Å². The molecular weight excluding hydrogens is 417 g/mol. The minimum absolute atomic E-state index is 1.07. The first-order chi connectivity index (χ1) is 3.27. The standard InChI is InChI=1S/C4H9.Bi.2BrH/c1-3-4-2;;;/h1,3-4H2,2H3;;2*1H/q;+2;;/p-2. The van der Waals surface area contributed by atoms with Crippen molar-refractivity contribution in [3.8, 4) is 0 Å². The van der Waals surface area contributed by atoms with Gasteiger partial charge in [-0.3, -0.25) is 0 Å². The molecule has 0 aromatic carbocycles. The van der Waals surface area contributed by atoms with Gasteiger partial charge in [-0.2, -0.15) is 0 Å². The molecule has 0 aliphatic rings. The summed E-state index contributed by atoms with van der Waals surface area (Å²) < 4.78 is 1.44. The predicted octanol–water partition coefficient (Wildman–Crippen LogP) is 3.06. The van der Waals surface area contributed by atoms with Crippen LogP contribution >= 0.6 is 24.4 Å². The van der Waals surface area contributed by atoms with E-state index in [4.69, 9.17) is 0 Å². The van der Waals surface area contributed by atoms with E-state index in [1.165, 1.54) is 17.0 Å². The average molecular weight is 426 g/mol. The molecule has 0 atom stereocenters. The summed E-state index contributed by atoms with van der Waals surface area (Å²) in [5.41, 5.74) is 0. The minimum atomic E-state index is -1.07. The number of rotatable bonds is 3. The predicted molar refractivity (Wildman–Crippen MR) is 43.3 cm³/mol. The molecule has 0 amide bonds. The van der Waals surface area contributed by atoms with Crippen LogP contribution in [0.3, 0.4) is 0 Å². The van der Waals surface area contributed by atoms with Crippen molar-refractivity contribution in [1.82, 2.24) is 0 Å². The van der Waals surface area contributed by atoms with E-state index in [2.05, 4.69) is 31.4 Å². The Kier molecular flexibility index (Phi) is 7.54. The third kappa shape index (κ3) is 7.84. The van der Waals surface area contributed by atoms with Crippen LogP contribution in [0.1, 0.15) is 19.8 Å².